The minimum absolute atomic E-state index is 0.404. The molecular formula is C12H19N3O3. The summed E-state index contributed by atoms with van der Waals surface area (Å²) in [5.41, 5.74) is 7.33. The summed E-state index contributed by atoms with van der Waals surface area (Å²) in [5, 5.41) is 0.955. The predicted octanol–water partition coefficient (Wildman–Crippen LogP) is 0.344. The monoisotopic (exact) mass is 253 g/mol. The van der Waals surface area contributed by atoms with Gasteiger partial charge in [-0.1, -0.05) is 0 Å². The zero-order valence-corrected chi connectivity index (χ0v) is 11.1. The smallest absolute Gasteiger partial charge is 0.257 e. The topological polar surface area (TPSA) is 90.8 Å². The maximum Gasteiger partial charge on any atom is 0.257 e. The van der Waals surface area contributed by atoms with Gasteiger partial charge >= 0.3 is 0 Å². The first-order valence-electron chi connectivity index (χ1n) is 5.42. The first-order valence-corrected chi connectivity index (χ1v) is 5.42. The van der Waals surface area contributed by atoms with Crippen LogP contribution in [0.5, 0.6) is 11.5 Å². The van der Waals surface area contributed by atoms with E-state index in [0.29, 0.717) is 17.1 Å². The summed E-state index contributed by atoms with van der Waals surface area (Å²) in [4.78, 5) is 11.8. The highest BCUT2D eigenvalue weighted by Gasteiger charge is 2.23. The number of hydrogen-bond donors (Lipinski definition) is 2. The molecule has 0 aliphatic rings. The van der Waals surface area contributed by atoms with Gasteiger partial charge in [0.25, 0.3) is 5.91 Å². The van der Waals surface area contributed by atoms with Crippen molar-refractivity contribution < 1.29 is 14.3 Å². The van der Waals surface area contributed by atoms with Crippen molar-refractivity contribution in [1.82, 2.24) is 5.01 Å². The Hall–Kier alpha value is -1.79. The Morgan fingerprint density at radius 1 is 1.28 bits per heavy atom. The van der Waals surface area contributed by atoms with Gasteiger partial charge in [0, 0.05) is 12.6 Å². The van der Waals surface area contributed by atoms with Gasteiger partial charge in [-0.3, -0.25) is 9.80 Å². The molecule has 1 aromatic rings. The number of hydrogen-bond acceptors (Lipinski definition) is 5. The van der Waals surface area contributed by atoms with E-state index in [0.717, 1.165) is 10.6 Å². The number of carbonyl (C=O) groups excluding carboxylic acids is 1. The van der Waals surface area contributed by atoms with Gasteiger partial charge in [0.2, 0.25) is 0 Å². The Morgan fingerprint density at radius 2 is 1.83 bits per heavy atom. The van der Waals surface area contributed by atoms with E-state index in [4.69, 9.17) is 21.1 Å². The number of carbonyl (C=O) groups is 1. The van der Waals surface area contributed by atoms with Crippen LogP contribution in [0.1, 0.15) is 17.2 Å². The Morgan fingerprint density at radius 3 is 2.28 bits per heavy atom. The number of ether oxygens (including phenoxy) is 2. The number of amides is 1. The van der Waals surface area contributed by atoms with Gasteiger partial charge in [0.05, 0.1) is 14.2 Å². The molecule has 0 saturated carbocycles. The number of nitrogens with zero attached hydrogens (tertiary/aromatic N) is 1. The lowest BCUT2D eigenvalue weighted by molar-refractivity contribution is -0.131. The van der Waals surface area contributed by atoms with Gasteiger partial charge in [-0.15, -0.1) is 0 Å². The predicted molar refractivity (Wildman–Crippen MR) is 68.2 cm³/mol. The second-order valence-electron chi connectivity index (χ2n) is 3.99. The molecule has 0 saturated heterocycles. The van der Waals surface area contributed by atoms with Crippen molar-refractivity contribution in [3.8, 4) is 11.5 Å². The highest BCUT2D eigenvalue weighted by atomic mass is 16.5. The van der Waals surface area contributed by atoms with Crippen LogP contribution < -0.4 is 21.1 Å². The van der Waals surface area contributed by atoms with Crippen LogP contribution in [0, 0.1) is 6.92 Å². The van der Waals surface area contributed by atoms with Gasteiger partial charge in [0.15, 0.2) is 0 Å². The number of hydrazine groups is 1. The molecule has 0 aliphatic heterocycles. The van der Waals surface area contributed by atoms with E-state index >= 15 is 0 Å². The van der Waals surface area contributed by atoms with Gasteiger partial charge in [-0.25, -0.2) is 5.84 Å². The van der Waals surface area contributed by atoms with Crippen LogP contribution in [0.4, 0.5) is 0 Å². The molecule has 0 aromatic heterocycles. The lowest BCUT2D eigenvalue weighted by Gasteiger charge is -2.20. The van der Waals surface area contributed by atoms with E-state index in [-0.39, 0.29) is 0 Å². The summed E-state index contributed by atoms with van der Waals surface area (Å²) in [6.07, 6.45) is 0. The quantitative estimate of drug-likeness (QED) is 0.459. The zero-order valence-electron chi connectivity index (χ0n) is 11.1. The summed E-state index contributed by atoms with van der Waals surface area (Å²) >= 11 is 0. The molecule has 0 aliphatic carbocycles. The van der Waals surface area contributed by atoms with Crippen LogP contribution in [-0.4, -0.2) is 32.2 Å². The Balaban J connectivity index is 3.25. The number of methoxy groups -OCH3 is 2. The van der Waals surface area contributed by atoms with Crippen LogP contribution in [0.15, 0.2) is 12.1 Å². The molecule has 0 radical (unpaired) electrons. The molecule has 1 atom stereocenters. The van der Waals surface area contributed by atoms with Gasteiger partial charge in [-0.05, 0) is 24.6 Å². The normalized spacial score (nSPS) is 11.9. The van der Waals surface area contributed by atoms with Crippen LogP contribution >= 0.6 is 0 Å². The molecule has 1 amide bonds. The molecule has 0 bridgehead atoms. The van der Waals surface area contributed by atoms with Crippen LogP contribution in [0.25, 0.3) is 0 Å². The minimum Gasteiger partial charge on any atom is -0.496 e. The van der Waals surface area contributed by atoms with Gasteiger partial charge < -0.3 is 15.2 Å². The number of rotatable bonds is 4. The van der Waals surface area contributed by atoms with Crippen molar-refractivity contribution in [2.24, 2.45) is 11.6 Å². The first-order chi connectivity index (χ1) is 8.42. The number of benzene rings is 1. The molecule has 0 spiro atoms. The highest BCUT2D eigenvalue weighted by Crippen LogP contribution is 2.31. The third kappa shape index (κ3) is 2.72. The van der Waals surface area contributed by atoms with Crippen molar-refractivity contribution >= 4 is 5.91 Å². The third-order valence-electron chi connectivity index (χ3n) is 2.70. The van der Waals surface area contributed by atoms with E-state index in [2.05, 4.69) is 0 Å². The largest absolute Gasteiger partial charge is 0.496 e. The molecule has 18 heavy (non-hydrogen) atoms. The maximum atomic E-state index is 11.8. The van der Waals surface area contributed by atoms with Gasteiger partial charge in [0.1, 0.15) is 17.5 Å². The first kappa shape index (κ1) is 14.3. The van der Waals surface area contributed by atoms with Crippen LogP contribution in [-0.2, 0) is 4.79 Å². The average molecular weight is 253 g/mol. The maximum absolute atomic E-state index is 11.8. The Labute approximate surface area is 106 Å². The number of nitrogens with two attached hydrogens (primary N) is 2. The molecular weight excluding hydrogens is 234 g/mol. The molecule has 0 heterocycles. The van der Waals surface area contributed by atoms with Crippen LogP contribution in [0.2, 0.25) is 0 Å². The number of likely N-dealkylation sites (N-methyl/N-ethyl adjacent to an activating group) is 1. The van der Waals surface area contributed by atoms with Crippen molar-refractivity contribution in [3.05, 3.63) is 23.3 Å². The average Bonchev–Trinajstić information content (AvgIpc) is 2.36. The second-order valence-corrected chi connectivity index (χ2v) is 3.99. The SMILES string of the molecule is COc1cc(C(N)C(=O)N(C)N)c(OC)cc1C. The van der Waals surface area contributed by atoms with E-state index in [1.54, 1.807) is 19.2 Å². The molecule has 1 rings (SSSR count). The van der Waals surface area contributed by atoms with E-state index in [1.807, 2.05) is 6.92 Å². The molecule has 6 nitrogen and oxygen atoms in total. The van der Waals surface area contributed by atoms with E-state index in [9.17, 15) is 4.79 Å². The molecule has 1 aromatic carbocycles. The fraction of sp³-hybridized carbons (Fsp3) is 0.417. The van der Waals surface area contributed by atoms with Crippen LogP contribution in [0.3, 0.4) is 0 Å². The fourth-order valence-electron chi connectivity index (χ4n) is 1.67. The molecule has 6 heteroatoms. The fourth-order valence-corrected chi connectivity index (χ4v) is 1.67. The highest BCUT2D eigenvalue weighted by molar-refractivity contribution is 5.83. The zero-order chi connectivity index (χ0) is 13.9. The van der Waals surface area contributed by atoms with Crippen molar-refractivity contribution in [1.29, 1.82) is 0 Å². The summed E-state index contributed by atoms with van der Waals surface area (Å²) in [6, 6.07) is 2.59. The van der Waals surface area contributed by atoms with Gasteiger partial charge in [-0.2, -0.15) is 0 Å². The summed E-state index contributed by atoms with van der Waals surface area (Å²) in [6.45, 7) is 1.88. The standard InChI is InChI=1S/C12H19N3O3/c1-7-5-10(18-4)8(6-9(7)17-3)11(13)12(16)15(2)14/h5-6,11H,13-14H2,1-4H3. The Bertz CT molecular complexity index is 446. The molecule has 4 N–H and O–H groups in total. The van der Waals surface area contributed by atoms with Crippen molar-refractivity contribution in [3.63, 3.8) is 0 Å². The van der Waals surface area contributed by atoms with E-state index < -0.39 is 11.9 Å². The van der Waals surface area contributed by atoms with E-state index in [1.165, 1.54) is 14.2 Å². The third-order valence-corrected chi connectivity index (χ3v) is 2.70. The second kappa shape index (κ2) is 5.70. The summed E-state index contributed by atoms with van der Waals surface area (Å²) < 4.78 is 10.4. The van der Waals surface area contributed by atoms with Crippen molar-refractivity contribution in [2.75, 3.05) is 21.3 Å². The molecule has 100 valence electrons. The lowest BCUT2D eigenvalue weighted by Crippen LogP contribution is -2.40. The summed E-state index contributed by atoms with van der Waals surface area (Å²) in [7, 11) is 4.52. The molecule has 1 unspecified atom stereocenters. The van der Waals surface area contributed by atoms with Crippen molar-refractivity contribution in [2.45, 2.75) is 13.0 Å². The Kier molecular flexibility index (Phi) is 4.52. The number of aryl methyl sites for hydroxylation is 1. The molecule has 0 fully saturated rings. The lowest BCUT2D eigenvalue weighted by atomic mass is 10.0. The summed E-state index contributed by atoms with van der Waals surface area (Å²) in [5.74, 6) is 6.18. The minimum atomic E-state index is -0.885.